The molecule has 0 aromatic carbocycles. The minimum Gasteiger partial charge on any atom is -0.481 e. The second kappa shape index (κ2) is 6.27. The second-order valence-corrected chi connectivity index (χ2v) is 4.81. The van der Waals surface area contributed by atoms with Gasteiger partial charge in [0.1, 0.15) is 5.82 Å². The predicted molar refractivity (Wildman–Crippen MR) is 71.6 cm³/mol. The fraction of sp³-hybridized carbons (Fsp3) is 0.429. The van der Waals surface area contributed by atoms with Gasteiger partial charge in [0, 0.05) is 6.20 Å². The van der Waals surface area contributed by atoms with Crippen LogP contribution in [-0.4, -0.2) is 27.0 Å². The van der Waals surface area contributed by atoms with Crippen LogP contribution in [0.5, 0.6) is 0 Å². The van der Waals surface area contributed by atoms with Crippen LogP contribution in [0.2, 0.25) is 0 Å². The maximum atomic E-state index is 12.1. The number of carbonyl (C=O) groups is 2. The Bertz CT molecular complexity index is 542. The highest BCUT2D eigenvalue weighted by Crippen LogP contribution is 2.26. The lowest BCUT2D eigenvalue weighted by Gasteiger charge is -2.24. The van der Waals surface area contributed by atoms with Gasteiger partial charge in [0.15, 0.2) is 0 Å². The third-order valence-electron chi connectivity index (χ3n) is 3.36. The smallest absolute Gasteiger partial charge is 0.307 e. The first-order valence-corrected chi connectivity index (χ1v) is 6.52. The molecule has 1 aliphatic rings. The van der Waals surface area contributed by atoms with E-state index in [1.165, 1.54) is 0 Å². The van der Waals surface area contributed by atoms with Crippen LogP contribution in [0.4, 0.5) is 0 Å². The number of aryl methyl sites for hydroxylation is 1. The summed E-state index contributed by atoms with van der Waals surface area (Å²) in [5.74, 6) is -1.68. The zero-order chi connectivity index (χ0) is 14.5. The Hall–Kier alpha value is -2.24. The molecule has 1 aromatic heterocycles. The third kappa shape index (κ3) is 3.40. The van der Waals surface area contributed by atoms with Gasteiger partial charge in [0.2, 0.25) is 5.91 Å². The molecule has 0 saturated carbocycles. The van der Waals surface area contributed by atoms with Gasteiger partial charge in [-0.05, 0) is 25.8 Å². The van der Waals surface area contributed by atoms with Gasteiger partial charge >= 0.3 is 5.97 Å². The van der Waals surface area contributed by atoms with E-state index in [0.29, 0.717) is 24.4 Å². The highest BCUT2D eigenvalue weighted by atomic mass is 16.4. The summed E-state index contributed by atoms with van der Waals surface area (Å²) in [6, 6.07) is 1.72. The molecule has 6 nitrogen and oxygen atoms in total. The van der Waals surface area contributed by atoms with Crippen LogP contribution in [-0.2, 0) is 16.1 Å². The van der Waals surface area contributed by atoms with Crippen LogP contribution >= 0.6 is 0 Å². The van der Waals surface area contributed by atoms with Crippen molar-refractivity contribution in [2.45, 2.75) is 26.3 Å². The van der Waals surface area contributed by atoms with E-state index in [1.54, 1.807) is 19.2 Å². The number of allylic oxidation sites excluding steroid dienone is 2. The lowest BCUT2D eigenvalue weighted by atomic mass is 9.82. The summed E-state index contributed by atoms with van der Waals surface area (Å²) in [6.45, 7) is 2.06. The molecule has 0 aliphatic heterocycles. The number of carboxylic acids is 1. The molecule has 6 heteroatoms. The molecule has 20 heavy (non-hydrogen) atoms. The molecule has 0 radical (unpaired) electrons. The van der Waals surface area contributed by atoms with E-state index in [0.717, 1.165) is 0 Å². The molecule has 0 fully saturated rings. The number of carbonyl (C=O) groups excluding carboxylic acids is 1. The molecule has 106 valence electrons. The van der Waals surface area contributed by atoms with Gasteiger partial charge in [-0.1, -0.05) is 12.2 Å². The first-order chi connectivity index (χ1) is 9.58. The van der Waals surface area contributed by atoms with Crippen LogP contribution in [0, 0.1) is 18.8 Å². The van der Waals surface area contributed by atoms with E-state index in [4.69, 9.17) is 5.11 Å². The van der Waals surface area contributed by atoms with Crippen molar-refractivity contribution in [3.63, 3.8) is 0 Å². The van der Waals surface area contributed by atoms with E-state index < -0.39 is 17.8 Å². The van der Waals surface area contributed by atoms with Crippen molar-refractivity contribution < 1.29 is 14.7 Å². The van der Waals surface area contributed by atoms with E-state index in [-0.39, 0.29) is 12.5 Å². The molecule has 2 N–H and O–H groups in total. The average molecular weight is 275 g/mol. The van der Waals surface area contributed by atoms with E-state index in [9.17, 15) is 9.59 Å². The lowest BCUT2D eigenvalue weighted by Crippen LogP contribution is -2.38. The van der Waals surface area contributed by atoms with Crippen LogP contribution in [0.1, 0.15) is 24.4 Å². The summed E-state index contributed by atoms with van der Waals surface area (Å²) >= 11 is 0. The molecule has 2 atom stereocenters. The molecule has 0 spiro atoms. The topological polar surface area (TPSA) is 92.2 Å². The van der Waals surface area contributed by atoms with Crippen molar-refractivity contribution in [1.82, 2.24) is 15.3 Å². The summed E-state index contributed by atoms with van der Waals surface area (Å²) < 4.78 is 0. The standard InChI is InChI=1S/C14H17N3O3/c1-9-15-7-6-10(17-9)8-16-13(18)11-4-2-3-5-12(11)14(19)20/h2-3,6-7,11-12H,4-5,8H2,1H3,(H,16,18)(H,19,20). The molecular formula is C14H17N3O3. The third-order valence-corrected chi connectivity index (χ3v) is 3.36. The second-order valence-electron chi connectivity index (χ2n) is 4.81. The van der Waals surface area contributed by atoms with Crippen LogP contribution in [0.3, 0.4) is 0 Å². The van der Waals surface area contributed by atoms with Crippen molar-refractivity contribution in [2.24, 2.45) is 11.8 Å². The number of rotatable bonds is 4. The van der Waals surface area contributed by atoms with Crippen LogP contribution in [0.15, 0.2) is 24.4 Å². The number of amides is 1. The van der Waals surface area contributed by atoms with E-state index in [2.05, 4.69) is 15.3 Å². The summed E-state index contributed by atoms with van der Waals surface area (Å²) in [7, 11) is 0. The van der Waals surface area contributed by atoms with Crippen molar-refractivity contribution >= 4 is 11.9 Å². The molecule has 1 heterocycles. The molecule has 2 rings (SSSR count). The highest BCUT2D eigenvalue weighted by Gasteiger charge is 2.33. The summed E-state index contributed by atoms with van der Waals surface area (Å²) in [4.78, 5) is 31.4. The van der Waals surface area contributed by atoms with E-state index >= 15 is 0 Å². The van der Waals surface area contributed by atoms with E-state index in [1.807, 2.05) is 12.2 Å². The normalized spacial score (nSPS) is 21.4. The summed E-state index contributed by atoms with van der Waals surface area (Å²) in [5, 5.41) is 11.9. The van der Waals surface area contributed by atoms with Crippen molar-refractivity contribution in [2.75, 3.05) is 0 Å². The van der Waals surface area contributed by atoms with Gasteiger partial charge in [-0.2, -0.15) is 0 Å². The Morgan fingerprint density at radius 3 is 2.70 bits per heavy atom. The number of nitrogens with zero attached hydrogens (tertiary/aromatic N) is 2. The van der Waals surface area contributed by atoms with Crippen molar-refractivity contribution in [1.29, 1.82) is 0 Å². The average Bonchev–Trinajstić information content (AvgIpc) is 2.45. The summed E-state index contributed by atoms with van der Waals surface area (Å²) in [5.41, 5.74) is 0.712. The van der Waals surface area contributed by atoms with Crippen LogP contribution in [0.25, 0.3) is 0 Å². The lowest BCUT2D eigenvalue weighted by molar-refractivity contribution is -0.147. The van der Waals surface area contributed by atoms with Gasteiger partial charge in [-0.15, -0.1) is 0 Å². The fourth-order valence-electron chi connectivity index (χ4n) is 2.29. The number of carboxylic acid groups (broad SMARTS) is 1. The van der Waals surface area contributed by atoms with Crippen molar-refractivity contribution in [3.8, 4) is 0 Å². The molecule has 1 amide bonds. The Labute approximate surface area is 116 Å². The van der Waals surface area contributed by atoms with Gasteiger partial charge in [0.05, 0.1) is 24.1 Å². The fourth-order valence-corrected chi connectivity index (χ4v) is 2.29. The maximum absolute atomic E-state index is 12.1. The zero-order valence-electron chi connectivity index (χ0n) is 11.2. The molecule has 0 bridgehead atoms. The molecular weight excluding hydrogens is 258 g/mol. The molecule has 1 aliphatic carbocycles. The number of hydrogen-bond donors (Lipinski definition) is 2. The maximum Gasteiger partial charge on any atom is 0.307 e. The molecule has 2 unspecified atom stereocenters. The van der Waals surface area contributed by atoms with Crippen LogP contribution < -0.4 is 5.32 Å². The summed E-state index contributed by atoms with van der Waals surface area (Å²) in [6.07, 6.45) is 6.17. The predicted octanol–water partition coefficient (Wildman–Crippen LogP) is 1.07. The Kier molecular flexibility index (Phi) is 4.45. The quantitative estimate of drug-likeness (QED) is 0.802. The van der Waals surface area contributed by atoms with Gasteiger partial charge in [-0.25, -0.2) is 9.97 Å². The number of aromatic nitrogens is 2. The first kappa shape index (κ1) is 14.2. The minimum absolute atomic E-state index is 0.238. The highest BCUT2D eigenvalue weighted by molar-refractivity contribution is 5.85. The van der Waals surface area contributed by atoms with Gasteiger partial charge in [-0.3, -0.25) is 9.59 Å². The SMILES string of the molecule is Cc1nccc(CNC(=O)C2CC=CCC2C(=O)O)n1. The van der Waals surface area contributed by atoms with Gasteiger partial charge < -0.3 is 10.4 Å². The van der Waals surface area contributed by atoms with Gasteiger partial charge in [0.25, 0.3) is 0 Å². The molecule has 1 aromatic rings. The Morgan fingerprint density at radius 1 is 1.35 bits per heavy atom. The zero-order valence-corrected chi connectivity index (χ0v) is 11.2. The largest absolute Gasteiger partial charge is 0.481 e. The first-order valence-electron chi connectivity index (χ1n) is 6.52. The molecule has 0 saturated heterocycles. The number of nitrogens with one attached hydrogen (secondary N) is 1. The Balaban J connectivity index is 1.97. The number of hydrogen-bond acceptors (Lipinski definition) is 4. The van der Waals surface area contributed by atoms with Crippen molar-refractivity contribution in [3.05, 3.63) is 35.9 Å². The number of aliphatic carboxylic acids is 1. The monoisotopic (exact) mass is 275 g/mol. The Morgan fingerprint density at radius 2 is 2.05 bits per heavy atom. The minimum atomic E-state index is -0.924.